The Bertz CT molecular complexity index is 467. The second-order valence-corrected chi connectivity index (χ2v) is 5.37. The van der Waals surface area contributed by atoms with Gasteiger partial charge in [0.15, 0.2) is 0 Å². The van der Waals surface area contributed by atoms with Gasteiger partial charge in [-0.25, -0.2) is 4.79 Å². The summed E-state index contributed by atoms with van der Waals surface area (Å²) >= 11 is 1.85. The molecule has 102 valence electrons. The van der Waals surface area contributed by atoms with Crippen LogP contribution in [0.25, 0.3) is 0 Å². The molecule has 0 unspecified atom stereocenters. The summed E-state index contributed by atoms with van der Waals surface area (Å²) in [4.78, 5) is 23.6. The molecule has 0 aromatic carbocycles. The van der Waals surface area contributed by atoms with Crippen LogP contribution in [0.2, 0.25) is 0 Å². The summed E-state index contributed by atoms with van der Waals surface area (Å²) in [6.07, 6.45) is 3.17. The Kier molecular flexibility index (Phi) is 6.82. The zero-order valence-electron chi connectivity index (χ0n) is 10.8. The molecular formula is C12H21N3O2S. The van der Waals surface area contributed by atoms with E-state index in [1.54, 1.807) is 10.8 Å². The second kappa shape index (κ2) is 8.16. The quantitative estimate of drug-likeness (QED) is 0.699. The summed E-state index contributed by atoms with van der Waals surface area (Å²) in [5, 5.41) is 0. The highest BCUT2D eigenvalue weighted by Gasteiger charge is 2.04. The summed E-state index contributed by atoms with van der Waals surface area (Å²) in [6.45, 7) is 3.66. The van der Waals surface area contributed by atoms with Crippen LogP contribution < -0.4 is 17.0 Å². The number of aryl methyl sites for hydroxylation is 1. The van der Waals surface area contributed by atoms with Crippen LogP contribution in [0.4, 0.5) is 0 Å². The smallest absolute Gasteiger partial charge is 0.330 e. The van der Waals surface area contributed by atoms with Gasteiger partial charge in [-0.1, -0.05) is 6.92 Å². The van der Waals surface area contributed by atoms with Gasteiger partial charge in [0, 0.05) is 25.4 Å². The summed E-state index contributed by atoms with van der Waals surface area (Å²) in [6, 6.07) is 1.45. The Morgan fingerprint density at radius 1 is 1.28 bits per heavy atom. The maximum atomic E-state index is 12.0. The van der Waals surface area contributed by atoms with Crippen molar-refractivity contribution in [3.8, 4) is 0 Å². The molecule has 0 aliphatic rings. The van der Waals surface area contributed by atoms with Gasteiger partial charge in [-0.3, -0.25) is 9.36 Å². The standard InChI is InChI=1S/C12H21N3O2S/c1-2-18-10-4-7-14-9-5-11(16)15(12(14)17)8-3-6-13/h5,9H,2-4,6-8,10,13H2,1H3. The minimum Gasteiger partial charge on any atom is -0.330 e. The van der Waals surface area contributed by atoms with Crippen LogP contribution >= 0.6 is 11.8 Å². The third-order valence-electron chi connectivity index (χ3n) is 2.62. The van der Waals surface area contributed by atoms with Crippen molar-refractivity contribution < 1.29 is 0 Å². The molecule has 0 aliphatic carbocycles. The van der Waals surface area contributed by atoms with E-state index in [-0.39, 0.29) is 11.2 Å². The highest BCUT2D eigenvalue weighted by atomic mass is 32.2. The van der Waals surface area contributed by atoms with Crippen LogP contribution in [0, 0.1) is 0 Å². The molecule has 1 heterocycles. The largest absolute Gasteiger partial charge is 0.330 e. The summed E-state index contributed by atoms with van der Waals surface area (Å²) < 4.78 is 2.87. The zero-order chi connectivity index (χ0) is 13.4. The molecule has 5 nitrogen and oxygen atoms in total. The molecular weight excluding hydrogens is 250 g/mol. The zero-order valence-corrected chi connectivity index (χ0v) is 11.6. The average molecular weight is 271 g/mol. The number of aromatic nitrogens is 2. The number of hydrogen-bond acceptors (Lipinski definition) is 4. The minimum absolute atomic E-state index is 0.225. The van der Waals surface area contributed by atoms with E-state index in [1.807, 2.05) is 11.8 Å². The molecule has 0 fully saturated rings. The molecule has 1 aromatic rings. The Balaban J connectivity index is 2.74. The molecule has 6 heteroatoms. The lowest BCUT2D eigenvalue weighted by Crippen LogP contribution is -2.39. The third kappa shape index (κ3) is 4.34. The first kappa shape index (κ1) is 15.0. The van der Waals surface area contributed by atoms with E-state index in [4.69, 9.17) is 5.73 Å². The first-order valence-corrected chi connectivity index (χ1v) is 7.44. The second-order valence-electron chi connectivity index (χ2n) is 3.97. The molecule has 0 spiro atoms. The summed E-state index contributed by atoms with van der Waals surface area (Å²) in [5.41, 5.74) is 4.93. The van der Waals surface area contributed by atoms with Crippen molar-refractivity contribution in [2.75, 3.05) is 18.1 Å². The number of hydrogen-bond donors (Lipinski definition) is 1. The lowest BCUT2D eigenvalue weighted by Gasteiger charge is -2.09. The van der Waals surface area contributed by atoms with E-state index in [0.717, 1.165) is 17.9 Å². The van der Waals surface area contributed by atoms with E-state index in [0.29, 0.717) is 26.1 Å². The van der Waals surface area contributed by atoms with Gasteiger partial charge in [0.25, 0.3) is 5.56 Å². The van der Waals surface area contributed by atoms with Crippen molar-refractivity contribution in [2.24, 2.45) is 5.73 Å². The van der Waals surface area contributed by atoms with E-state index < -0.39 is 0 Å². The van der Waals surface area contributed by atoms with Crippen molar-refractivity contribution in [1.29, 1.82) is 0 Å². The molecule has 0 amide bonds. The van der Waals surface area contributed by atoms with Crippen molar-refractivity contribution in [3.05, 3.63) is 33.1 Å². The average Bonchev–Trinajstić information content (AvgIpc) is 2.37. The van der Waals surface area contributed by atoms with E-state index in [2.05, 4.69) is 6.92 Å². The molecule has 1 rings (SSSR count). The van der Waals surface area contributed by atoms with Crippen LogP contribution in [-0.4, -0.2) is 27.2 Å². The molecule has 18 heavy (non-hydrogen) atoms. The van der Waals surface area contributed by atoms with Crippen LogP contribution in [-0.2, 0) is 13.1 Å². The molecule has 2 N–H and O–H groups in total. The first-order valence-electron chi connectivity index (χ1n) is 6.28. The van der Waals surface area contributed by atoms with Crippen molar-refractivity contribution in [3.63, 3.8) is 0 Å². The van der Waals surface area contributed by atoms with Crippen LogP contribution in [0.15, 0.2) is 21.9 Å². The van der Waals surface area contributed by atoms with Crippen molar-refractivity contribution >= 4 is 11.8 Å². The normalized spacial score (nSPS) is 10.8. The van der Waals surface area contributed by atoms with Gasteiger partial charge in [-0.15, -0.1) is 0 Å². The van der Waals surface area contributed by atoms with Crippen LogP contribution in [0.5, 0.6) is 0 Å². The Labute approximate surface area is 111 Å². The minimum atomic E-state index is -0.243. The van der Waals surface area contributed by atoms with Gasteiger partial charge in [-0.05, 0) is 30.9 Å². The Hall–Kier alpha value is -1.01. The fraction of sp³-hybridized carbons (Fsp3) is 0.667. The lowest BCUT2D eigenvalue weighted by molar-refractivity contribution is 0.534. The van der Waals surface area contributed by atoms with Gasteiger partial charge < -0.3 is 10.3 Å². The number of nitrogens with two attached hydrogens (primary N) is 1. The highest BCUT2D eigenvalue weighted by molar-refractivity contribution is 7.99. The maximum Gasteiger partial charge on any atom is 0.330 e. The first-order chi connectivity index (χ1) is 8.70. The Morgan fingerprint density at radius 2 is 2.06 bits per heavy atom. The Morgan fingerprint density at radius 3 is 2.72 bits per heavy atom. The van der Waals surface area contributed by atoms with Gasteiger partial charge >= 0.3 is 5.69 Å². The van der Waals surface area contributed by atoms with E-state index in [1.165, 1.54) is 10.6 Å². The molecule has 1 aromatic heterocycles. The fourth-order valence-corrected chi connectivity index (χ4v) is 2.29. The topological polar surface area (TPSA) is 70.0 Å². The predicted molar refractivity (Wildman–Crippen MR) is 76.2 cm³/mol. The molecule has 0 bridgehead atoms. The van der Waals surface area contributed by atoms with Gasteiger partial charge in [0.2, 0.25) is 0 Å². The fourth-order valence-electron chi connectivity index (χ4n) is 1.66. The van der Waals surface area contributed by atoms with Crippen LogP contribution in [0.3, 0.4) is 0 Å². The maximum absolute atomic E-state index is 12.0. The molecule has 0 radical (unpaired) electrons. The SMILES string of the molecule is CCSCCCn1ccc(=O)n(CCCN)c1=O. The van der Waals surface area contributed by atoms with Gasteiger partial charge in [0.05, 0.1) is 0 Å². The van der Waals surface area contributed by atoms with E-state index in [9.17, 15) is 9.59 Å². The summed E-state index contributed by atoms with van der Waals surface area (Å²) in [7, 11) is 0. The predicted octanol–water partition coefficient (Wildman–Crippen LogP) is 0.502. The number of rotatable bonds is 8. The van der Waals surface area contributed by atoms with Crippen molar-refractivity contribution in [1.82, 2.24) is 9.13 Å². The highest BCUT2D eigenvalue weighted by Crippen LogP contribution is 2.01. The van der Waals surface area contributed by atoms with Gasteiger partial charge in [0.1, 0.15) is 0 Å². The summed E-state index contributed by atoms with van der Waals surface area (Å²) in [5.74, 6) is 2.12. The van der Waals surface area contributed by atoms with E-state index >= 15 is 0 Å². The number of thioether (sulfide) groups is 1. The third-order valence-corrected chi connectivity index (χ3v) is 3.60. The van der Waals surface area contributed by atoms with Crippen molar-refractivity contribution in [2.45, 2.75) is 32.9 Å². The molecule has 0 saturated heterocycles. The lowest BCUT2D eigenvalue weighted by atomic mass is 10.4. The molecule has 0 atom stereocenters. The number of nitrogens with zero attached hydrogens (tertiary/aromatic N) is 2. The van der Waals surface area contributed by atoms with Crippen LogP contribution in [0.1, 0.15) is 19.8 Å². The van der Waals surface area contributed by atoms with Gasteiger partial charge in [-0.2, -0.15) is 11.8 Å². The molecule has 0 aliphatic heterocycles. The monoisotopic (exact) mass is 271 g/mol. The molecule has 0 saturated carbocycles.